The molecule has 1 aliphatic rings. The normalized spacial score (nSPS) is 16.9. The Labute approximate surface area is 95.3 Å². The van der Waals surface area contributed by atoms with Crippen molar-refractivity contribution in [3.63, 3.8) is 0 Å². The molecule has 1 aromatic rings. The molecule has 0 amide bonds. The fourth-order valence-electron chi connectivity index (χ4n) is 2.41. The monoisotopic (exact) mass is 216 g/mol. The van der Waals surface area contributed by atoms with Gasteiger partial charge in [0.25, 0.3) is 5.56 Å². The third kappa shape index (κ3) is 2.33. The van der Waals surface area contributed by atoms with Gasteiger partial charge in [-0.15, -0.1) is 0 Å². The number of rotatable bonds is 2. The molecule has 0 N–H and O–H groups in total. The van der Waals surface area contributed by atoms with Gasteiger partial charge in [-0.3, -0.25) is 4.79 Å². The van der Waals surface area contributed by atoms with Crippen LogP contribution in [0.2, 0.25) is 0 Å². The lowest BCUT2D eigenvalue weighted by atomic mass is 9.89. The highest BCUT2D eigenvalue weighted by Gasteiger charge is 2.14. The van der Waals surface area contributed by atoms with E-state index in [4.69, 9.17) is 5.26 Å². The molecular formula is C13H16N2O. The van der Waals surface area contributed by atoms with Crippen LogP contribution in [0.3, 0.4) is 0 Å². The van der Waals surface area contributed by atoms with Gasteiger partial charge in [0.1, 0.15) is 11.6 Å². The van der Waals surface area contributed by atoms with Gasteiger partial charge in [-0.25, -0.2) is 0 Å². The topological polar surface area (TPSA) is 45.8 Å². The summed E-state index contributed by atoms with van der Waals surface area (Å²) in [5.41, 5.74) is 0.105. The SMILES string of the molecule is N#Cc1cccn(CC2CCCCC2)c1=O. The van der Waals surface area contributed by atoms with Crippen LogP contribution >= 0.6 is 0 Å². The molecule has 0 atom stereocenters. The third-order valence-corrected chi connectivity index (χ3v) is 3.32. The summed E-state index contributed by atoms with van der Waals surface area (Å²) >= 11 is 0. The van der Waals surface area contributed by atoms with Crippen molar-refractivity contribution in [2.75, 3.05) is 0 Å². The van der Waals surface area contributed by atoms with Crippen molar-refractivity contribution >= 4 is 0 Å². The third-order valence-electron chi connectivity index (χ3n) is 3.32. The maximum atomic E-state index is 11.8. The van der Waals surface area contributed by atoms with E-state index in [0.29, 0.717) is 5.92 Å². The zero-order valence-corrected chi connectivity index (χ0v) is 9.35. The van der Waals surface area contributed by atoms with Gasteiger partial charge in [0.05, 0.1) is 0 Å². The van der Waals surface area contributed by atoms with Crippen molar-refractivity contribution in [3.05, 3.63) is 34.2 Å². The van der Waals surface area contributed by atoms with Crippen molar-refractivity contribution in [3.8, 4) is 6.07 Å². The second-order valence-corrected chi connectivity index (χ2v) is 4.50. The van der Waals surface area contributed by atoms with Crippen LogP contribution in [0.25, 0.3) is 0 Å². The Morgan fingerprint density at radius 2 is 2.12 bits per heavy atom. The number of pyridine rings is 1. The molecule has 1 fully saturated rings. The molecule has 1 heterocycles. The van der Waals surface area contributed by atoms with Crippen LogP contribution in [0.15, 0.2) is 23.1 Å². The van der Waals surface area contributed by atoms with E-state index in [0.717, 1.165) is 6.54 Å². The predicted molar refractivity (Wildman–Crippen MR) is 62.0 cm³/mol. The predicted octanol–water partition coefficient (Wildman–Crippen LogP) is 2.30. The maximum absolute atomic E-state index is 11.8. The Kier molecular flexibility index (Phi) is 3.40. The van der Waals surface area contributed by atoms with Crippen LogP contribution < -0.4 is 5.56 Å². The molecule has 0 aliphatic heterocycles. The van der Waals surface area contributed by atoms with Crippen molar-refractivity contribution in [1.82, 2.24) is 4.57 Å². The summed E-state index contributed by atoms with van der Waals surface area (Å²) in [4.78, 5) is 11.8. The lowest BCUT2D eigenvalue weighted by Crippen LogP contribution is -2.26. The molecule has 1 saturated carbocycles. The Morgan fingerprint density at radius 3 is 2.81 bits per heavy atom. The van der Waals surface area contributed by atoms with Crippen LogP contribution in [0, 0.1) is 17.2 Å². The van der Waals surface area contributed by atoms with Crippen molar-refractivity contribution < 1.29 is 0 Å². The standard InChI is InChI=1S/C13H16N2O/c14-9-12-7-4-8-15(13(12)16)10-11-5-2-1-3-6-11/h4,7-8,11H,1-3,5-6,10H2. The second-order valence-electron chi connectivity index (χ2n) is 4.50. The van der Waals surface area contributed by atoms with Crippen LogP contribution in [0.4, 0.5) is 0 Å². The van der Waals surface area contributed by atoms with Gasteiger partial charge in [-0.2, -0.15) is 5.26 Å². The summed E-state index contributed by atoms with van der Waals surface area (Å²) in [6, 6.07) is 5.30. The van der Waals surface area contributed by atoms with Gasteiger partial charge in [0, 0.05) is 12.7 Å². The fourth-order valence-corrected chi connectivity index (χ4v) is 2.41. The summed E-state index contributed by atoms with van der Waals surface area (Å²) < 4.78 is 1.69. The van der Waals surface area contributed by atoms with E-state index in [1.54, 1.807) is 22.9 Å². The van der Waals surface area contributed by atoms with E-state index >= 15 is 0 Å². The molecule has 16 heavy (non-hydrogen) atoms. The van der Waals surface area contributed by atoms with Crippen LogP contribution in [0.1, 0.15) is 37.7 Å². The summed E-state index contributed by atoms with van der Waals surface area (Å²) in [6.45, 7) is 0.772. The first-order valence-electron chi connectivity index (χ1n) is 5.91. The van der Waals surface area contributed by atoms with Crippen molar-refractivity contribution in [2.24, 2.45) is 5.92 Å². The molecular weight excluding hydrogens is 200 g/mol. The molecule has 0 spiro atoms. The molecule has 0 aromatic carbocycles. The molecule has 2 rings (SSSR count). The fraction of sp³-hybridized carbons (Fsp3) is 0.538. The molecule has 0 radical (unpaired) electrons. The number of nitrogens with zero attached hydrogens (tertiary/aromatic N) is 2. The van der Waals surface area contributed by atoms with E-state index in [1.165, 1.54) is 32.1 Å². The summed E-state index contributed by atoms with van der Waals surface area (Å²) in [7, 11) is 0. The van der Waals surface area contributed by atoms with Crippen molar-refractivity contribution in [1.29, 1.82) is 5.26 Å². The lowest BCUT2D eigenvalue weighted by Gasteiger charge is -2.22. The number of aromatic nitrogens is 1. The molecule has 3 heteroatoms. The van der Waals surface area contributed by atoms with Gasteiger partial charge in [0.15, 0.2) is 0 Å². The quantitative estimate of drug-likeness (QED) is 0.761. The second kappa shape index (κ2) is 4.98. The van der Waals surface area contributed by atoms with Crippen molar-refractivity contribution in [2.45, 2.75) is 38.6 Å². The minimum Gasteiger partial charge on any atom is -0.314 e. The van der Waals surface area contributed by atoms with Gasteiger partial charge >= 0.3 is 0 Å². The average molecular weight is 216 g/mol. The summed E-state index contributed by atoms with van der Waals surface area (Å²) in [5.74, 6) is 0.611. The Balaban J connectivity index is 2.15. The Hall–Kier alpha value is -1.56. The zero-order valence-electron chi connectivity index (χ0n) is 9.35. The summed E-state index contributed by atoms with van der Waals surface area (Å²) in [6.07, 6.45) is 8.09. The Bertz CT molecular complexity index is 450. The Morgan fingerprint density at radius 1 is 1.38 bits per heavy atom. The molecule has 1 aromatic heterocycles. The van der Waals surface area contributed by atoms with E-state index in [1.807, 2.05) is 6.07 Å². The maximum Gasteiger partial charge on any atom is 0.268 e. The van der Waals surface area contributed by atoms with Gasteiger partial charge in [-0.1, -0.05) is 19.3 Å². The molecule has 84 valence electrons. The number of hydrogen-bond donors (Lipinski definition) is 0. The molecule has 0 bridgehead atoms. The van der Waals surface area contributed by atoms with Crippen LogP contribution in [-0.2, 0) is 6.54 Å². The summed E-state index contributed by atoms with van der Waals surface area (Å²) in [5, 5.41) is 8.79. The molecule has 1 aliphatic carbocycles. The minimum absolute atomic E-state index is 0.143. The van der Waals surface area contributed by atoms with Gasteiger partial charge < -0.3 is 4.57 Å². The first kappa shape index (κ1) is 10.9. The highest BCUT2D eigenvalue weighted by atomic mass is 16.1. The van der Waals surface area contributed by atoms with Gasteiger partial charge in [-0.05, 0) is 30.9 Å². The van der Waals surface area contributed by atoms with Crippen LogP contribution in [-0.4, -0.2) is 4.57 Å². The molecule has 0 unspecified atom stereocenters. The van der Waals surface area contributed by atoms with Crippen LogP contribution in [0.5, 0.6) is 0 Å². The van der Waals surface area contributed by atoms with E-state index in [9.17, 15) is 4.79 Å². The van der Waals surface area contributed by atoms with E-state index < -0.39 is 0 Å². The molecule has 0 saturated heterocycles. The minimum atomic E-state index is -0.143. The molecule has 3 nitrogen and oxygen atoms in total. The largest absolute Gasteiger partial charge is 0.314 e. The smallest absolute Gasteiger partial charge is 0.268 e. The lowest BCUT2D eigenvalue weighted by molar-refractivity contribution is 0.316. The number of hydrogen-bond acceptors (Lipinski definition) is 2. The first-order valence-corrected chi connectivity index (χ1v) is 5.91. The van der Waals surface area contributed by atoms with Gasteiger partial charge in [0.2, 0.25) is 0 Å². The highest BCUT2D eigenvalue weighted by molar-refractivity contribution is 5.24. The highest BCUT2D eigenvalue weighted by Crippen LogP contribution is 2.24. The van der Waals surface area contributed by atoms with E-state index in [-0.39, 0.29) is 11.1 Å². The average Bonchev–Trinajstić information content (AvgIpc) is 2.33. The zero-order chi connectivity index (χ0) is 11.4. The number of nitriles is 1. The first-order chi connectivity index (χ1) is 7.81. The van der Waals surface area contributed by atoms with E-state index in [2.05, 4.69) is 0 Å².